The van der Waals surface area contributed by atoms with Crippen LogP contribution in [-0.4, -0.2) is 53.4 Å². The molecule has 0 bridgehead atoms. The lowest BCUT2D eigenvalue weighted by molar-refractivity contribution is 0.0654. The maximum atomic E-state index is 11.6. The quantitative estimate of drug-likeness (QED) is 0.307. The van der Waals surface area contributed by atoms with Crippen LogP contribution in [0.15, 0.2) is 84.9 Å². The molecule has 0 aliphatic heterocycles. The number of nitriles is 1. The molecule has 6 nitrogen and oxygen atoms in total. The highest BCUT2D eigenvalue weighted by molar-refractivity contribution is 5.96. The van der Waals surface area contributed by atoms with E-state index in [1.54, 1.807) is 36.4 Å². The van der Waals surface area contributed by atoms with E-state index in [1.165, 1.54) is 22.4 Å². The summed E-state index contributed by atoms with van der Waals surface area (Å²) in [6, 6.07) is 28.7. The molecule has 2 atom stereocenters. The number of aromatic carboxylic acids is 1. The first kappa shape index (κ1) is 25.9. The summed E-state index contributed by atoms with van der Waals surface area (Å²) in [5.74, 6) is -0.679. The fourth-order valence-electron chi connectivity index (χ4n) is 4.45. The van der Waals surface area contributed by atoms with Gasteiger partial charge >= 0.3 is 5.97 Å². The van der Waals surface area contributed by atoms with Gasteiger partial charge in [-0.2, -0.15) is 5.26 Å². The summed E-state index contributed by atoms with van der Waals surface area (Å²) in [7, 11) is 1.98. The third kappa shape index (κ3) is 6.34. The van der Waals surface area contributed by atoms with E-state index in [-0.39, 0.29) is 23.8 Å². The summed E-state index contributed by atoms with van der Waals surface area (Å²) >= 11 is 0. The molecule has 4 aromatic rings. The molecular formula is C31H30N2O4. The normalized spacial score (nSPS) is 12.7. The van der Waals surface area contributed by atoms with Gasteiger partial charge in [-0.25, -0.2) is 4.79 Å². The van der Waals surface area contributed by atoms with E-state index in [1.807, 2.05) is 19.2 Å². The third-order valence-electron chi connectivity index (χ3n) is 6.60. The zero-order valence-electron chi connectivity index (χ0n) is 21.0. The van der Waals surface area contributed by atoms with Crippen molar-refractivity contribution < 1.29 is 19.7 Å². The molecule has 1 unspecified atom stereocenters. The van der Waals surface area contributed by atoms with Crippen LogP contribution in [0.3, 0.4) is 0 Å². The molecule has 188 valence electrons. The molecule has 0 saturated heterocycles. The Morgan fingerprint density at radius 3 is 2.49 bits per heavy atom. The number of carbonyl (C=O) groups is 1. The number of benzene rings is 4. The third-order valence-corrected chi connectivity index (χ3v) is 6.60. The molecule has 0 spiro atoms. The monoisotopic (exact) mass is 494 g/mol. The lowest BCUT2D eigenvalue weighted by Crippen LogP contribution is -2.39. The molecule has 0 saturated carbocycles. The summed E-state index contributed by atoms with van der Waals surface area (Å²) in [5.41, 5.74) is 2.83. The number of carboxylic acids is 1. The fourth-order valence-corrected chi connectivity index (χ4v) is 4.45. The van der Waals surface area contributed by atoms with E-state index in [4.69, 9.17) is 4.74 Å². The van der Waals surface area contributed by atoms with Crippen LogP contribution < -0.4 is 4.74 Å². The highest BCUT2D eigenvalue weighted by Crippen LogP contribution is 2.29. The average Bonchev–Trinajstić information content (AvgIpc) is 2.91. The molecule has 4 aromatic carbocycles. The average molecular weight is 495 g/mol. The van der Waals surface area contributed by atoms with Gasteiger partial charge in [-0.1, -0.05) is 66.7 Å². The Balaban J connectivity index is 1.36. The molecule has 0 radical (unpaired) electrons. The number of likely N-dealkylation sites (N-methyl/N-ethyl adjacent to an activating group) is 1. The molecule has 0 heterocycles. The minimum absolute atomic E-state index is 0.0345. The first-order valence-electron chi connectivity index (χ1n) is 12.2. The van der Waals surface area contributed by atoms with E-state index in [9.17, 15) is 20.3 Å². The zero-order chi connectivity index (χ0) is 26.4. The van der Waals surface area contributed by atoms with Gasteiger partial charge in [0.25, 0.3) is 0 Å². The highest BCUT2D eigenvalue weighted by Gasteiger charge is 2.17. The SMILES string of the molecule is CC(Cc1ccc2ccccc2c1)N(C)C[C@@H](O)COc1ccc(-c2ccccc2C(=O)O)cc1C#N. The summed E-state index contributed by atoms with van der Waals surface area (Å²) in [5, 5.41) is 32.2. The molecule has 4 rings (SSSR count). The Kier molecular flexibility index (Phi) is 8.19. The number of aliphatic hydroxyl groups is 1. The Morgan fingerprint density at radius 1 is 1.00 bits per heavy atom. The van der Waals surface area contributed by atoms with Gasteiger partial charge in [0.2, 0.25) is 0 Å². The van der Waals surface area contributed by atoms with E-state index in [0.29, 0.717) is 23.4 Å². The number of carboxylic acid groups (broad SMARTS) is 1. The van der Waals surface area contributed by atoms with Crippen LogP contribution in [0.5, 0.6) is 5.75 Å². The maximum absolute atomic E-state index is 11.6. The van der Waals surface area contributed by atoms with Crippen LogP contribution in [0.25, 0.3) is 21.9 Å². The Bertz CT molecular complexity index is 1440. The van der Waals surface area contributed by atoms with Gasteiger partial charge in [-0.05, 0) is 66.1 Å². The van der Waals surface area contributed by atoms with Gasteiger partial charge in [0.15, 0.2) is 0 Å². The van der Waals surface area contributed by atoms with Crippen molar-refractivity contribution in [1.82, 2.24) is 4.90 Å². The van der Waals surface area contributed by atoms with Crippen molar-refractivity contribution in [2.24, 2.45) is 0 Å². The van der Waals surface area contributed by atoms with Crippen molar-refractivity contribution >= 4 is 16.7 Å². The summed E-state index contributed by atoms with van der Waals surface area (Å²) < 4.78 is 5.79. The Morgan fingerprint density at radius 2 is 1.73 bits per heavy atom. The van der Waals surface area contributed by atoms with Crippen LogP contribution in [-0.2, 0) is 6.42 Å². The number of aliphatic hydroxyl groups excluding tert-OH is 1. The van der Waals surface area contributed by atoms with E-state index < -0.39 is 12.1 Å². The van der Waals surface area contributed by atoms with Gasteiger partial charge in [0.05, 0.1) is 11.1 Å². The van der Waals surface area contributed by atoms with Crippen LogP contribution in [0.4, 0.5) is 0 Å². The topological polar surface area (TPSA) is 93.8 Å². The lowest BCUT2D eigenvalue weighted by Gasteiger charge is -2.27. The predicted octanol–water partition coefficient (Wildman–Crippen LogP) is 5.38. The summed E-state index contributed by atoms with van der Waals surface area (Å²) in [6.07, 6.45) is 0.107. The molecular weight excluding hydrogens is 464 g/mol. The van der Waals surface area contributed by atoms with Gasteiger partial charge in [-0.15, -0.1) is 0 Å². The Labute approximate surface area is 217 Å². The molecule has 0 amide bonds. The molecule has 2 N–H and O–H groups in total. The number of nitrogens with zero attached hydrogens (tertiary/aromatic N) is 2. The van der Waals surface area contributed by atoms with Crippen LogP contribution in [0.1, 0.15) is 28.4 Å². The van der Waals surface area contributed by atoms with Crippen molar-refractivity contribution in [3.63, 3.8) is 0 Å². The highest BCUT2D eigenvalue weighted by atomic mass is 16.5. The predicted molar refractivity (Wildman–Crippen MR) is 145 cm³/mol. The minimum atomic E-state index is -1.03. The van der Waals surface area contributed by atoms with Crippen molar-refractivity contribution in [2.75, 3.05) is 20.2 Å². The number of fused-ring (bicyclic) bond motifs is 1. The number of rotatable bonds is 10. The summed E-state index contributed by atoms with van der Waals surface area (Å²) in [4.78, 5) is 13.7. The van der Waals surface area contributed by atoms with Crippen molar-refractivity contribution in [2.45, 2.75) is 25.5 Å². The van der Waals surface area contributed by atoms with Gasteiger partial charge in [-0.3, -0.25) is 0 Å². The van der Waals surface area contributed by atoms with E-state index >= 15 is 0 Å². The van der Waals surface area contributed by atoms with Crippen LogP contribution in [0.2, 0.25) is 0 Å². The minimum Gasteiger partial charge on any atom is -0.489 e. The van der Waals surface area contributed by atoms with Crippen molar-refractivity contribution in [1.29, 1.82) is 5.26 Å². The smallest absolute Gasteiger partial charge is 0.336 e. The molecule has 0 aliphatic carbocycles. The molecule has 0 fully saturated rings. The number of ether oxygens (including phenoxy) is 1. The molecule has 37 heavy (non-hydrogen) atoms. The largest absolute Gasteiger partial charge is 0.489 e. The molecule has 0 aromatic heterocycles. The second-order valence-corrected chi connectivity index (χ2v) is 9.31. The first-order chi connectivity index (χ1) is 17.9. The van der Waals surface area contributed by atoms with E-state index in [0.717, 1.165) is 6.42 Å². The number of hydrogen-bond acceptors (Lipinski definition) is 5. The van der Waals surface area contributed by atoms with E-state index in [2.05, 4.69) is 48.2 Å². The van der Waals surface area contributed by atoms with Gasteiger partial charge < -0.3 is 19.8 Å². The fraction of sp³-hybridized carbons (Fsp3) is 0.226. The van der Waals surface area contributed by atoms with Gasteiger partial charge in [0, 0.05) is 12.6 Å². The maximum Gasteiger partial charge on any atom is 0.336 e. The van der Waals surface area contributed by atoms with Gasteiger partial charge in [0.1, 0.15) is 24.5 Å². The second kappa shape index (κ2) is 11.7. The first-order valence-corrected chi connectivity index (χ1v) is 12.2. The second-order valence-electron chi connectivity index (χ2n) is 9.31. The zero-order valence-corrected chi connectivity index (χ0v) is 21.0. The van der Waals surface area contributed by atoms with Crippen LogP contribution in [0, 0.1) is 11.3 Å². The standard InChI is InChI=1S/C31H30N2O4/c1-21(15-22-11-12-23-7-3-4-8-24(23)16-22)33(2)19-27(34)20-37-30-14-13-25(17-26(30)18-32)28-9-5-6-10-29(28)31(35)36/h3-14,16-17,21,27,34H,15,19-20H2,1-2H3,(H,35,36)/t21?,27-/m1/s1. The summed E-state index contributed by atoms with van der Waals surface area (Å²) in [6.45, 7) is 2.58. The number of hydrogen-bond donors (Lipinski definition) is 2. The van der Waals surface area contributed by atoms with Crippen molar-refractivity contribution in [3.05, 3.63) is 102 Å². The van der Waals surface area contributed by atoms with Crippen LogP contribution >= 0.6 is 0 Å². The Hall–Kier alpha value is -4.18. The lowest BCUT2D eigenvalue weighted by atomic mass is 9.98. The van der Waals surface area contributed by atoms with Crippen molar-refractivity contribution in [3.8, 4) is 22.9 Å². The molecule has 0 aliphatic rings. The molecule has 6 heteroatoms.